The molecule has 1 aliphatic carbocycles. The minimum Gasteiger partial charge on any atom is -0.481 e. The maximum Gasteiger partial charge on any atom is 0.233 e. The molecule has 0 radical (unpaired) electrons. The molecule has 7 nitrogen and oxygen atoms in total. The summed E-state index contributed by atoms with van der Waals surface area (Å²) < 4.78 is 15.7. The van der Waals surface area contributed by atoms with Gasteiger partial charge in [0.05, 0.1) is 17.6 Å². The smallest absolute Gasteiger partial charge is 0.233 e. The molecule has 0 spiro atoms. The van der Waals surface area contributed by atoms with E-state index in [1.807, 2.05) is 20.8 Å². The Morgan fingerprint density at radius 3 is 2.92 bits per heavy atom. The molecule has 26 heavy (non-hydrogen) atoms. The SMILES string of the molecule is CC1=CN=C(C)[NH+]([N-]C(=N)C2CC2c2nc3cc(C)c(F)cn3c2C)N1. The molecule has 0 amide bonds. The number of nitrogens with zero attached hydrogens (tertiary/aromatic N) is 4. The first-order valence-electron chi connectivity index (χ1n) is 8.65. The molecule has 1 aliphatic heterocycles. The van der Waals surface area contributed by atoms with E-state index in [0.29, 0.717) is 16.5 Å². The summed E-state index contributed by atoms with van der Waals surface area (Å²) in [5.41, 5.74) is 11.7. The van der Waals surface area contributed by atoms with Crippen molar-refractivity contribution in [2.75, 3.05) is 0 Å². The molecule has 2 aromatic heterocycles. The summed E-state index contributed by atoms with van der Waals surface area (Å²) in [6.07, 6.45) is 4.08. The molecule has 0 saturated heterocycles. The van der Waals surface area contributed by atoms with Crippen LogP contribution in [0, 0.1) is 31.0 Å². The Labute approximate surface area is 151 Å². The van der Waals surface area contributed by atoms with Gasteiger partial charge in [0, 0.05) is 24.7 Å². The van der Waals surface area contributed by atoms with Gasteiger partial charge in [-0.25, -0.2) is 19.8 Å². The molecule has 3 heterocycles. The predicted octanol–water partition coefficient (Wildman–Crippen LogP) is 2.14. The minimum absolute atomic E-state index is 0.0397. The lowest BCUT2D eigenvalue weighted by atomic mass is 10.2. The molecular formula is C18H22FN7. The molecular weight excluding hydrogens is 333 g/mol. The lowest BCUT2D eigenvalue weighted by Gasteiger charge is -2.27. The van der Waals surface area contributed by atoms with Crippen LogP contribution in [0.25, 0.3) is 11.1 Å². The van der Waals surface area contributed by atoms with Gasteiger partial charge in [0.25, 0.3) is 0 Å². The molecule has 3 N–H and O–H groups in total. The summed E-state index contributed by atoms with van der Waals surface area (Å²) in [6, 6.07) is 1.76. The highest BCUT2D eigenvalue weighted by atomic mass is 19.1. The average molecular weight is 355 g/mol. The predicted molar refractivity (Wildman–Crippen MR) is 97.5 cm³/mol. The highest BCUT2D eigenvalue weighted by Crippen LogP contribution is 2.49. The summed E-state index contributed by atoms with van der Waals surface area (Å²) in [5.74, 6) is 1.07. The van der Waals surface area contributed by atoms with Gasteiger partial charge in [-0.15, -0.1) is 5.12 Å². The number of hydrogen-bond donors (Lipinski definition) is 3. The van der Waals surface area contributed by atoms with Crippen molar-refractivity contribution in [2.24, 2.45) is 10.9 Å². The van der Waals surface area contributed by atoms with Crippen molar-refractivity contribution in [1.29, 1.82) is 5.41 Å². The number of allylic oxidation sites excluding steroid dienone is 1. The van der Waals surface area contributed by atoms with E-state index >= 15 is 0 Å². The van der Waals surface area contributed by atoms with Gasteiger partial charge in [-0.1, -0.05) is 0 Å². The van der Waals surface area contributed by atoms with Crippen molar-refractivity contribution in [1.82, 2.24) is 14.8 Å². The fourth-order valence-electron chi connectivity index (χ4n) is 3.32. The van der Waals surface area contributed by atoms with Gasteiger partial charge in [0.1, 0.15) is 11.5 Å². The molecule has 1 fully saturated rings. The Bertz CT molecular complexity index is 972. The van der Waals surface area contributed by atoms with E-state index in [9.17, 15) is 4.39 Å². The Morgan fingerprint density at radius 1 is 1.38 bits per heavy atom. The van der Waals surface area contributed by atoms with Crippen molar-refractivity contribution in [3.05, 3.63) is 52.4 Å². The molecule has 8 heteroatoms. The number of fused-ring (bicyclic) bond motifs is 1. The third kappa shape index (κ3) is 2.76. The number of halogens is 1. The molecule has 2 aliphatic rings. The number of aromatic nitrogens is 2. The van der Waals surface area contributed by atoms with Crippen LogP contribution in [-0.4, -0.2) is 21.1 Å². The second-order valence-electron chi connectivity index (χ2n) is 7.06. The number of nitrogens with one attached hydrogen (secondary N) is 3. The molecule has 136 valence electrons. The van der Waals surface area contributed by atoms with Crippen molar-refractivity contribution in [3.63, 3.8) is 0 Å². The second kappa shape index (κ2) is 5.91. The first-order chi connectivity index (χ1) is 12.3. The Morgan fingerprint density at radius 2 is 2.15 bits per heavy atom. The van der Waals surface area contributed by atoms with Crippen LogP contribution in [-0.2, 0) is 0 Å². The number of quaternary nitrogens is 1. The van der Waals surface area contributed by atoms with Crippen LogP contribution in [0.3, 0.4) is 0 Å². The molecule has 2 aromatic rings. The summed E-state index contributed by atoms with van der Waals surface area (Å²) in [4.78, 5) is 8.96. The van der Waals surface area contributed by atoms with Crippen LogP contribution >= 0.6 is 0 Å². The molecule has 3 atom stereocenters. The molecule has 3 unspecified atom stereocenters. The zero-order chi connectivity index (χ0) is 18.6. The summed E-state index contributed by atoms with van der Waals surface area (Å²) in [7, 11) is 0. The van der Waals surface area contributed by atoms with E-state index in [1.54, 1.807) is 23.6 Å². The average Bonchev–Trinajstić information content (AvgIpc) is 3.33. The largest absolute Gasteiger partial charge is 0.481 e. The van der Waals surface area contributed by atoms with Gasteiger partial charge >= 0.3 is 0 Å². The minimum atomic E-state index is -0.238. The molecule has 4 rings (SSSR count). The number of imidazole rings is 1. The fraction of sp³-hybridized carbons (Fsp3) is 0.389. The van der Waals surface area contributed by atoms with Crippen LogP contribution < -0.4 is 10.5 Å². The number of aryl methyl sites for hydroxylation is 2. The zero-order valence-corrected chi connectivity index (χ0v) is 15.3. The van der Waals surface area contributed by atoms with Crippen LogP contribution in [0.1, 0.15) is 43.1 Å². The number of rotatable bonds is 3. The first kappa shape index (κ1) is 16.7. The summed E-state index contributed by atoms with van der Waals surface area (Å²) >= 11 is 0. The highest BCUT2D eigenvalue weighted by Gasteiger charge is 2.42. The number of aliphatic imine (C=N–C) groups is 1. The Kier molecular flexibility index (Phi) is 3.80. The number of amidine groups is 2. The Balaban J connectivity index is 1.51. The third-order valence-electron chi connectivity index (χ3n) is 5.01. The van der Waals surface area contributed by atoms with E-state index < -0.39 is 0 Å². The molecule has 1 saturated carbocycles. The standard InChI is InChI=1S/C18H22FN7/c1-9-5-16-22-17(11(3)25(16)8-15(9)19)13-6-14(13)18(20)24-26-12(4)21-7-10(2)23-26/h5,7-8,13-14,23,26H,6H2,1-4H3,(H-,20,24). The number of hydrogen-bond acceptors (Lipinski definition) is 4. The zero-order valence-electron chi connectivity index (χ0n) is 15.3. The van der Waals surface area contributed by atoms with Gasteiger partial charge in [0.15, 0.2) is 0 Å². The quantitative estimate of drug-likeness (QED) is 0.582. The highest BCUT2D eigenvalue weighted by molar-refractivity contribution is 5.95. The van der Waals surface area contributed by atoms with Crippen LogP contribution in [0.5, 0.6) is 0 Å². The van der Waals surface area contributed by atoms with Crippen molar-refractivity contribution < 1.29 is 9.51 Å². The lowest BCUT2D eigenvalue weighted by molar-refractivity contribution is -0.807. The van der Waals surface area contributed by atoms with Crippen LogP contribution in [0.2, 0.25) is 0 Å². The maximum atomic E-state index is 13.9. The molecule has 0 aromatic carbocycles. The van der Waals surface area contributed by atoms with E-state index in [-0.39, 0.29) is 17.7 Å². The third-order valence-corrected chi connectivity index (χ3v) is 5.01. The van der Waals surface area contributed by atoms with Crippen LogP contribution in [0.15, 0.2) is 29.2 Å². The topological polar surface area (TPSA) is 84.1 Å². The number of pyridine rings is 1. The van der Waals surface area contributed by atoms with Gasteiger partial charge in [0.2, 0.25) is 5.84 Å². The van der Waals surface area contributed by atoms with Crippen molar-refractivity contribution in [2.45, 2.75) is 40.0 Å². The normalized spacial score (nSPS) is 24.7. The van der Waals surface area contributed by atoms with Crippen molar-refractivity contribution in [3.8, 4) is 0 Å². The summed E-state index contributed by atoms with van der Waals surface area (Å²) in [5, 5.41) is 8.98. The van der Waals surface area contributed by atoms with Gasteiger partial charge in [-0.2, -0.15) is 0 Å². The Hall–Kier alpha value is -2.74. The summed E-state index contributed by atoms with van der Waals surface area (Å²) in [6.45, 7) is 7.47. The fourth-order valence-corrected chi connectivity index (χ4v) is 3.32. The van der Waals surface area contributed by atoms with E-state index in [0.717, 1.165) is 35.0 Å². The van der Waals surface area contributed by atoms with Gasteiger partial charge in [-0.05, 0) is 50.6 Å². The maximum absolute atomic E-state index is 13.9. The van der Waals surface area contributed by atoms with E-state index in [1.165, 1.54) is 6.20 Å². The lowest BCUT2D eigenvalue weighted by Crippen LogP contribution is -3.17. The van der Waals surface area contributed by atoms with Gasteiger partial charge in [-0.3, -0.25) is 5.43 Å². The molecule has 0 bridgehead atoms. The second-order valence-corrected chi connectivity index (χ2v) is 7.06. The van der Waals surface area contributed by atoms with Gasteiger partial charge < -0.3 is 9.81 Å². The first-order valence-corrected chi connectivity index (χ1v) is 8.65. The van der Waals surface area contributed by atoms with E-state index in [4.69, 9.17) is 5.41 Å². The van der Waals surface area contributed by atoms with Crippen LogP contribution in [0.4, 0.5) is 4.39 Å². The monoisotopic (exact) mass is 355 g/mol. The van der Waals surface area contributed by atoms with Crippen molar-refractivity contribution >= 4 is 17.3 Å². The van der Waals surface area contributed by atoms with E-state index in [2.05, 4.69) is 20.8 Å².